The molecule has 0 unspecified atom stereocenters. The highest BCUT2D eigenvalue weighted by molar-refractivity contribution is 5.48. The number of rotatable bonds is 5. The summed E-state index contributed by atoms with van der Waals surface area (Å²) in [5.41, 5.74) is 1.08. The van der Waals surface area contributed by atoms with Gasteiger partial charge in [-0.25, -0.2) is 9.97 Å². The molecular formula is C16H22N8. The van der Waals surface area contributed by atoms with Crippen molar-refractivity contribution in [2.24, 2.45) is 0 Å². The van der Waals surface area contributed by atoms with Gasteiger partial charge in [0.15, 0.2) is 0 Å². The number of hydrogen-bond donors (Lipinski definition) is 0. The average Bonchev–Trinajstić information content (AvgIpc) is 3.26. The van der Waals surface area contributed by atoms with Crippen LogP contribution in [0.4, 0.5) is 5.82 Å². The Morgan fingerprint density at radius 1 is 1.21 bits per heavy atom. The van der Waals surface area contributed by atoms with Gasteiger partial charge in [0.05, 0.1) is 12.6 Å². The summed E-state index contributed by atoms with van der Waals surface area (Å²) in [6.45, 7) is 4.02. The van der Waals surface area contributed by atoms with E-state index < -0.39 is 0 Å². The predicted octanol–water partition coefficient (Wildman–Crippen LogP) is 1.73. The minimum Gasteiger partial charge on any atom is -0.352 e. The van der Waals surface area contributed by atoms with Gasteiger partial charge in [-0.05, 0) is 25.7 Å². The highest BCUT2D eigenvalue weighted by Gasteiger charge is 2.26. The Morgan fingerprint density at radius 2 is 2.17 bits per heavy atom. The summed E-state index contributed by atoms with van der Waals surface area (Å²) in [6.07, 6.45) is 10.6. The summed E-state index contributed by atoms with van der Waals surface area (Å²) in [5.74, 6) is 1.77. The van der Waals surface area contributed by atoms with Crippen LogP contribution in [0.5, 0.6) is 0 Å². The first-order chi connectivity index (χ1) is 11.8. The first kappa shape index (κ1) is 15.0. The fourth-order valence-electron chi connectivity index (χ4n) is 3.47. The topological polar surface area (TPSA) is 77.0 Å². The lowest BCUT2D eigenvalue weighted by atomic mass is 10.0. The lowest BCUT2D eigenvalue weighted by Crippen LogP contribution is -2.43. The molecule has 4 rings (SSSR count). The van der Waals surface area contributed by atoms with E-state index in [-0.39, 0.29) is 0 Å². The van der Waals surface area contributed by atoms with Crippen LogP contribution < -0.4 is 4.90 Å². The molecule has 1 aliphatic heterocycles. The Bertz CT molecular complexity index is 794. The van der Waals surface area contributed by atoms with E-state index in [9.17, 15) is 0 Å². The van der Waals surface area contributed by atoms with Crippen LogP contribution >= 0.6 is 0 Å². The molecular weight excluding hydrogens is 304 g/mol. The molecule has 0 amide bonds. The molecule has 3 aromatic rings. The average molecular weight is 326 g/mol. The number of aromatic nitrogens is 7. The van der Waals surface area contributed by atoms with E-state index in [2.05, 4.69) is 43.0 Å². The van der Waals surface area contributed by atoms with Crippen LogP contribution in [0.15, 0.2) is 25.0 Å². The number of piperidine rings is 1. The fraction of sp³-hybridized carbons (Fsp3) is 0.562. The summed E-state index contributed by atoms with van der Waals surface area (Å²) in [7, 11) is 0. The maximum Gasteiger partial charge on any atom is 0.254 e. The van der Waals surface area contributed by atoms with Gasteiger partial charge in [-0.1, -0.05) is 13.3 Å². The second-order valence-electron chi connectivity index (χ2n) is 6.29. The Morgan fingerprint density at radius 3 is 3.00 bits per heavy atom. The van der Waals surface area contributed by atoms with E-state index in [1.165, 1.54) is 12.8 Å². The summed E-state index contributed by atoms with van der Waals surface area (Å²) >= 11 is 0. The van der Waals surface area contributed by atoms with Crippen molar-refractivity contribution in [2.75, 3.05) is 11.4 Å². The molecule has 0 saturated carbocycles. The quantitative estimate of drug-likeness (QED) is 0.710. The minimum atomic E-state index is 0.379. The molecule has 0 N–H and O–H groups in total. The lowest BCUT2D eigenvalue weighted by molar-refractivity contribution is 0.394. The third-order valence-electron chi connectivity index (χ3n) is 4.58. The van der Waals surface area contributed by atoms with Crippen LogP contribution in [0.2, 0.25) is 0 Å². The molecule has 0 radical (unpaired) electrons. The van der Waals surface area contributed by atoms with Crippen molar-refractivity contribution in [2.45, 2.75) is 51.6 Å². The molecule has 8 heteroatoms. The maximum absolute atomic E-state index is 4.62. The molecule has 24 heavy (non-hydrogen) atoms. The second kappa shape index (κ2) is 6.54. The van der Waals surface area contributed by atoms with E-state index >= 15 is 0 Å². The summed E-state index contributed by atoms with van der Waals surface area (Å²) in [6, 6.07) is 2.55. The standard InChI is InChI=1S/C16H22N8/c1-2-5-13-8-15(24-16(21-13)18-11-20-24)23-7-4-3-6-14(23)9-22-12-17-10-19-22/h8,10-12,14H,2-7,9H2,1H3/t14-/m1/s1. The highest BCUT2D eigenvalue weighted by Crippen LogP contribution is 2.26. The van der Waals surface area contributed by atoms with E-state index in [0.29, 0.717) is 11.8 Å². The van der Waals surface area contributed by atoms with Gasteiger partial charge < -0.3 is 4.90 Å². The molecule has 1 saturated heterocycles. The number of aryl methyl sites for hydroxylation is 1. The zero-order valence-corrected chi connectivity index (χ0v) is 13.9. The molecule has 4 heterocycles. The SMILES string of the molecule is CCCc1cc(N2CCCC[C@@H]2Cn2cncn2)n2ncnc2n1. The van der Waals surface area contributed by atoms with Gasteiger partial charge in [-0.2, -0.15) is 19.7 Å². The van der Waals surface area contributed by atoms with Crippen LogP contribution in [-0.2, 0) is 13.0 Å². The number of nitrogens with zero attached hydrogens (tertiary/aromatic N) is 8. The van der Waals surface area contributed by atoms with Crippen molar-refractivity contribution < 1.29 is 0 Å². The lowest BCUT2D eigenvalue weighted by Gasteiger charge is -2.37. The Kier molecular flexibility index (Phi) is 4.10. The number of anilines is 1. The van der Waals surface area contributed by atoms with Crippen molar-refractivity contribution in [3.8, 4) is 0 Å². The van der Waals surface area contributed by atoms with Crippen molar-refractivity contribution >= 4 is 11.6 Å². The normalized spacial score (nSPS) is 18.4. The van der Waals surface area contributed by atoms with Crippen molar-refractivity contribution in [3.05, 3.63) is 30.7 Å². The second-order valence-corrected chi connectivity index (χ2v) is 6.29. The molecule has 8 nitrogen and oxygen atoms in total. The van der Waals surface area contributed by atoms with Gasteiger partial charge in [0.2, 0.25) is 0 Å². The van der Waals surface area contributed by atoms with Crippen LogP contribution in [0.25, 0.3) is 5.78 Å². The molecule has 0 spiro atoms. The van der Waals surface area contributed by atoms with E-state index in [4.69, 9.17) is 0 Å². The van der Waals surface area contributed by atoms with E-state index in [0.717, 1.165) is 43.9 Å². The summed E-state index contributed by atoms with van der Waals surface area (Å²) in [4.78, 5) is 15.4. The van der Waals surface area contributed by atoms with Crippen LogP contribution in [0, 0.1) is 0 Å². The van der Waals surface area contributed by atoms with Gasteiger partial charge in [-0.3, -0.25) is 4.68 Å². The van der Waals surface area contributed by atoms with Crippen LogP contribution in [0.1, 0.15) is 38.3 Å². The maximum atomic E-state index is 4.62. The molecule has 126 valence electrons. The largest absolute Gasteiger partial charge is 0.352 e. The van der Waals surface area contributed by atoms with E-state index in [1.54, 1.807) is 19.0 Å². The molecule has 0 aliphatic carbocycles. The van der Waals surface area contributed by atoms with Gasteiger partial charge in [0.1, 0.15) is 24.8 Å². The molecule has 1 aliphatic rings. The summed E-state index contributed by atoms with van der Waals surface area (Å²) < 4.78 is 3.77. The fourth-order valence-corrected chi connectivity index (χ4v) is 3.47. The zero-order valence-electron chi connectivity index (χ0n) is 13.9. The molecule has 1 fully saturated rings. The van der Waals surface area contributed by atoms with Crippen LogP contribution in [-0.4, -0.2) is 46.9 Å². The highest BCUT2D eigenvalue weighted by atomic mass is 15.4. The first-order valence-corrected chi connectivity index (χ1v) is 8.64. The minimum absolute atomic E-state index is 0.379. The molecule has 0 bridgehead atoms. The van der Waals surface area contributed by atoms with Crippen molar-refractivity contribution in [1.82, 2.24) is 34.3 Å². The zero-order chi connectivity index (χ0) is 16.4. The molecule has 1 atom stereocenters. The van der Waals surface area contributed by atoms with Gasteiger partial charge in [-0.15, -0.1) is 0 Å². The Balaban J connectivity index is 1.71. The third kappa shape index (κ3) is 2.83. The first-order valence-electron chi connectivity index (χ1n) is 8.64. The Hall–Kier alpha value is -2.51. The van der Waals surface area contributed by atoms with Crippen molar-refractivity contribution in [1.29, 1.82) is 0 Å². The monoisotopic (exact) mass is 326 g/mol. The third-order valence-corrected chi connectivity index (χ3v) is 4.58. The predicted molar refractivity (Wildman–Crippen MR) is 89.8 cm³/mol. The molecule has 0 aromatic carbocycles. The van der Waals surface area contributed by atoms with E-state index in [1.807, 2.05) is 9.20 Å². The van der Waals surface area contributed by atoms with Crippen molar-refractivity contribution in [3.63, 3.8) is 0 Å². The Labute approximate surface area is 140 Å². The molecule has 3 aromatic heterocycles. The summed E-state index contributed by atoms with van der Waals surface area (Å²) in [5, 5.41) is 8.66. The number of fused-ring (bicyclic) bond motifs is 1. The van der Waals surface area contributed by atoms with Gasteiger partial charge in [0.25, 0.3) is 5.78 Å². The number of hydrogen-bond acceptors (Lipinski definition) is 6. The van der Waals surface area contributed by atoms with Gasteiger partial charge in [0, 0.05) is 18.3 Å². The van der Waals surface area contributed by atoms with Crippen LogP contribution in [0.3, 0.4) is 0 Å². The van der Waals surface area contributed by atoms with Gasteiger partial charge >= 0.3 is 0 Å². The smallest absolute Gasteiger partial charge is 0.254 e.